The molecule has 6 heteroatoms. The third-order valence-corrected chi connectivity index (χ3v) is 5.17. The molecule has 1 saturated heterocycles. The van der Waals surface area contributed by atoms with Crippen molar-refractivity contribution in [2.45, 2.75) is 45.6 Å². The highest BCUT2D eigenvalue weighted by Crippen LogP contribution is 2.21. The first-order valence-corrected chi connectivity index (χ1v) is 9.46. The van der Waals surface area contributed by atoms with Crippen molar-refractivity contribution in [3.05, 3.63) is 35.5 Å². The zero-order chi connectivity index (χ0) is 16.9. The average Bonchev–Trinajstić information content (AvgIpc) is 3.03. The second-order valence-corrected chi connectivity index (χ2v) is 7.41. The molecule has 3 rings (SSSR count). The predicted octanol–water partition coefficient (Wildman–Crippen LogP) is 2.79. The van der Waals surface area contributed by atoms with E-state index in [-0.39, 0.29) is 0 Å². The minimum Gasteiger partial charge on any atom is -0.373 e. The van der Waals surface area contributed by atoms with Crippen LogP contribution in [0.1, 0.15) is 26.5 Å². The van der Waals surface area contributed by atoms with Crippen molar-refractivity contribution in [2.24, 2.45) is 0 Å². The Morgan fingerprint density at radius 3 is 2.83 bits per heavy atom. The van der Waals surface area contributed by atoms with E-state index in [4.69, 9.17) is 4.74 Å². The Morgan fingerprint density at radius 1 is 1.33 bits per heavy atom. The predicted molar refractivity (Wildman–Crippen MR) is 98.1 cm³/mol. The lowest BCUT2D eigenvalue weighted by Gasteiger charge is -2.39. The van der Waals surface area contributed by atoms with E-state index in [1.54, 1.807) is 17.5 Å². The molecule has 2 aromatic rings. The second kappa shape index (κ2) is 8.16. The molecule has 1 N–H and O–H groups in total. The molecule has 1 aliphatic rings. The molecule has 1 aliphatic heterocycles. The largest absolute Gasteiger partial charge is 0.373 e. The van der Waals surface area contributed by atoms with Gasteiger partial charge in [-0.15, -0.1) is 11.3 Å². The third kappa shape index (κ3) is 4.60. The zero-order valence-corrected chi connectivity index (χ0v) is 15.4. The molecule has 0 aliphatic carbocycles. The number of nitrogens with one attached hydrogen (secondary N) is 1. The van der Waals surface area contributed by atoms with Crippen LogP contribution in [0.25, 0.3) is 10.7 Å². The van der Waals surface area contributed by atoms with E-state index in [1.165, 1.54) is 0 Å². The summed E-state index contributed by atoms with van der Waals surface area (Å²) >= 11 is 1.65. The fraction of sp³-hybridized carbons (Fsp3) is 0.556. The van der Waals surface area contributed by atoms with Gasteiger partial charge in [0, 0.05) is 43.8 Å². The van der Waals surface area contributed by atoms with Gasteiger partial charge in [-0.2, -0.15) is 0 Å². The van der Waals surface area contributed by atoms with E-state index in [1.807, 2.05) is 18.2 Å². The van der Waals surface area contributed by atoms with Gasteiger partial charge in [-0.3, -0.25) is 9.88 Å². The van der Waals surface area contributed by atoms with Crippen molar-refractivity contribution in [1.29, 1.82) is 0 Å². The molecule has 3 heterocycles. The maximum Gasteiger partial charge on any atom is 0.142 e. The summed E-state index contributed by atoms with van der Waals surface area (Å²) in [7, 11) is 0. The number of morpholine rings is 1. The SMILES string of the molecule is CC1CN(C(C)CNCc2csc(-c3ccccn3)n2)CC(C)O1. The summed E-state index contributed by atoms with van der Waals surface area (Å²) in [6.07, 6.45) is 2.44. The van der Waals surface area contributed by atoms with E-state index in [9.17, 15) is 0 Å². The minimum atomic E-state index is 0.315. The lowest BCUT2D eigenvalue weighted by atomic mass is 10.1. The second-order valence-electron chi connectivity index (χ2n) is 6.55. The van der Waals surface area contributed by atoms with Crippen LogP contribution in [0, 0.1) is 0 Å². The molecular formula is C18H26N4OS. The Kier molecular flexibility index (Phi) is 5.94. The topological polar surface area (TPSA) is 50.3 Å². The highest BCUT2D eigenvalue weighted by molar-refractivity contribution is 7.13. The summed E-state index contributed by atoms with van der Waals surface area (Å²) in [5.41, 5.74) is 2.02. The molecule has 0 radical (unpaired) electrons. The normalized spacial score (nSPS) is 23.3. The number of nitrogens with zero attached hydrogens (tertiary/aromatic N) is 3. The number of aromatic nitrogens is 2. The van der Waals surface area contributed by atoms with Crippen molar-refractivity contribution < 1.29 is 4.74 Å². The number of thiazole rings is 1. The Hall–Kier alpha value is -1.34. The molecule has 2 aromatic heterocycles. The highest BCUT2D eigenvalue weighted by Gasteiger charge is 2.25. The fourth-order valence-electron chi connectivity index (χ4n) is 3.11. The molecule has 0 amide bonds. The van der Waals surface area contributed by atoms with Crippen LogP contribution < -0.4 is 5.32 Å². The van der Waals surface area contributed by atoms with Crippen molar-refractivity contribution in [3.63, 3.8) is 0 Å². The number of pyridine rings is 1. The van der Waals surface area contributed by atoms with Crippen molar-refractivity contribution in [1.82, 2.24) is 20.2 Å². The van der Waals surface area contributed by atoms with Crippen LogP contribution in [-0.2, 0) is 11.3 Å². The van der Waals surface area contributed by atoms with Gasteiger partial charge in [-0.05, 0) is 32.9 Å². The first-order valence-electron chi connectivity index (χ1n) is 8.58. The van der Waals surface area contributed by atoms with Gasteiger partial charge in [0.25, 0.3) is 0 Å². The molecule has 1 fully saturated rings. The first kappa shape index (κ1) is 17.5. The Labute approximate surface area is 148 Å². The van der Waals surface area contributed by atoms with Crippen LogP contribution in [0.15, 0.2) is 29.8 Å². The molecule has 5 nitrogen and oxygen atoms in total. The summed E-state index contributed by atoms with van der Waals surface area (Å²) in [6.45, 7) is 10.3. The van der Waals surface area contributed by atoms with Crippen molar-refractivity contribution >= 4 is 11.3 Å². The fourth-order valence-corrected chi connectivity index (χ4v) is 3.91. The lowest BCUT2D eigenvalue weighted by molar-refractivity contribution is -0.0781. The molecule has 0 saturated carbocycles. The average molecular weight is 347 g/mol. The monoisotopic (exact) mass is 346 g/mol. The van der Waals surface area contributed by atoms with Gasteiger partial charge in [0.05, 0.1) is 23.6 Å². The van der Waals surface area contributed by atoms with Gasteiger partial charge in [-0.1, -0.05) is 6.07 Å². The van der Waals surface area contributed by atoms with Crippen LogP contribution in [-0.4, -0.2) is 52.8 Å². The summed E-state index contributed by atoms with van der Waals surface area (Å²) < 4.78 is 5.81. The molecule has 0 aromatic carbocycles. The van der Waals surface area contributed by atoms with Gasteiger partial charge in [0.2, 0.25) is 0 Å². The standard InChI is InChI=1S/C18H26N4OS/c1-13(22-10-14(2)23-15(3)11-22)8-19-9-16-12-24-18(21-16)17-6-4-5-7-20-17/h4-7,12-15,19H,8-11H2,1-3H3. The maximum absolute atomic E-state index is 5.81. The first-order chi connectivity index (χ1) is 11.6. The molecule has 0 spiro atoms. The Balaban J connectivity index is 1.47. The van der Waals surface area contributed by atoms with Crippen LogP contribution in [0.2, 0.25) is 0 Å². The summed E-state index contributed by atoms with van der Waals surface area (Å²) in [5, 5.41) is 6.63. The number of ether oxygens (including phenoxy) is 1. The third-order valence-electron chi connectivity index (χ3n) is 4.25. The smallest absolute Gasteiger partial charge is 0.142 e. The van der Waals surface area contributed by atoms with Gasteiger partial charge < -0.3 is 10.1 Å². The van der Waals surface area contributed by atoms with Crippen LogP contribution >= 0.6 is 11.3 Å². The van der Waals surface area contributed by atoms with E-state index in [0.717, 1.165) is 42.6 Å². The highest BCUT2D eigenvalue weighted by atomic mass is 32.1. The van der Waals surface area contributed by atoms with E-state index in [0.29, 0.717) is 18.2 Å². The van der Waals surface area contributed by atoms with Crippen LogP contribution in [0.4, 0.5) is 0 Å². The Morgan fingerprint density at radius 2 is 2.12 bits per heavy atom. The van der Waals surface area contributed by atoms with Gasteiger partial charge >= 0.3 is 0 Å². The van der Waals surface area contributed by atoms with Crippen molar-refractivity contribution in [3.8, 4) is 10.7 Å². The summed E-state index contributed by atoms with van der Waals surface area (Å²) in [6, 6.07) is 6.41. The lowest BCUT2D eigenvalue weighted by Crippen LogP contribution is -2.51. The zero-order valence-electron chi connectivity index (χ0n) is 14.6. The molecular weight excluding hydrogens is 320 g/mol. The number of rotatable bonds is 6. The van der Waals surface area contributed by atoms with Crippen molar-refractivity contribution in [2.75, 3.05) is 19.6 Å². The van der Waals surface area contributed by atoms with E-state index < -0.39 is 0 Å². The van der Waals surface area contributed by atoms with E-state index in [2.05, 4.69) is 46.3 Å². The van der Waals surface area contributed by atoms with Crippen LogP contribution in [0.5, 0.6) is 0 Å². The molecule has 3 atom stereocenters. The summed E-state index contributed by atoms with van der Waals surface area (Å²) in [5.74, 6) is 0. The van der Waals surface area contributed by atoms with Gasteiger partial charge in [0.15, 0.2) is 0 Å². The van der Waals surface area contributed by atoms with E-state index >= 15 is 0 Å². The molecule has 130 valence electrons. The molecule has 3 unspecified atom stereocenters. The van der Waals surface area contributed by atoms with Crippen LogP contribution in [0.3, 0.4) is 0 Å². The number of hydrogen-bond donors (Lipinski definition) is 1. The maximum atomic E-state index is 5.81. The Bertz CT molecular complexity index is 623. The van der Waals surface area contributed by atoms with Gasteiger partial charge in [-0.25, -0.2) is 4.98 Å². The molecule has 24 heavy (non-hydrogen) atoms. The quantitative estimate of drug-likeness (QED) is 0.872. The summed E-state index contributed by atoms with van der Waals surface area (Å²) in [4.78, 5) is 11.5. The number of hydrogen-bond acceptors (Lipinski definition) is 6. The molecule has 0 bridgehead atoms. The minimum absolute atomic E-state index is 0.315. The van der Waals surface area contributed by atoms with Gasteiger partial charge in [0.1, 0.15) is 5.01 Å².